The van der Waals surface area contributed by atoms with Crippen molar-refractivity contribution in [2.75, 3.05) is 6.54 Å². The van der Waals surface area contributed by atoms with E-state index in [-0.39, 0.29) is 0 Å². The molecule has 84 valence electrons. The van der Waals surface area contributed by atoms with Crippen molar-refractivity contribution in [2.24, 2.45) is 0 Å². The van der Waals surface area contributed by atoms with Gasteiger partial charge in [-0.05, 0) is 31.0 Å². The Morgan fingerprint density at radius 3 is 3.00 bits per heavy atom. The zero-order valence-corrected chi connectivity index (χ0v) is 11.2. The van der Waals surface area contributed by atoms with Crippen molar-refractivity contribution in [2.45, 2.75) is 26.3 Å². The van der Waals surface area contributed by atoms with Gasteiger partial charge >= 0.3 is 0 Å². The van der Waals surface area contributed by atoms with Crippen molar-refractivity contribution in [1.29, 1.82) is 0 Å². The number of rotatable bonds is 4. The van der Waals surface area contributed by atoms with Gasteiger partial charge in [0.2, 0.25) is 0 Å². The maximum absolute atomic E-state index is 3.50. The molecule has 2 rings (SSSR count). The highest BCUT2D eigenvalue weighted by Crippen LogP contribution is 2.34. The molecule has 0 aliphatic heterocycles. The molecule has 0 fully saturated rings. The molecular formula is C13H15NS2. The molecule has 1 N–H and O–H groups in total. The first-order valence-corrected chi connectivity index (χ1v) is 7.14. The summed E-state index contributed by atoms with van der Waals surface area (Å²) in [6.45, 7) is 5.03. The second kappa shape index (κ2) is 5.49. The van der Waals surface area contributed by atoms with E-state index in [1.165, 1.54) is 14.3 Å². The van der Waals surface area contributed by atoms with Crippen LogP contribution in [0.3, 0.4) is 0 Å². The minimum atomic E-state index is 0.391. The molecule has 0 aliphatic carbocycles. The minimum Gasteiger partial charge on any atom is -0.309 e. The second-order valence-corrected chi connectivity index (χ2v) is 5.60. The molecule has 1 unspecified atom stereocenters. The molecule has 1 nitrogen and oxygen atoms in total. The summed E-state index contributed by atoms with van der Waals surface area (Å²) in [7, 11) is 0. The SMILES string of the molecule is CC#CCC(NCC)c1cc2sccc2s1. The van der Waals surface area contributed by atoms with Crippen LogP contribution < -0.4 is 5.32 Å². The average molecular weight is 249 g/mol. The van der Waals surface area contributed by atoms with Crippen LogP contribution in [0.5, 0.6) is 0 Å². The van der Waals surface area contributed by atoms with E-state index in [1.54, 1.807) is 0 Å². The molecular weight excluding hydrogens is 234 g/mol. The number of hydrogen-bond acceptors (Lipinski definition) is 3. The number of nitrogens with one attached hydrogen (secondary N) is 1. The average Bonchev–Trinajstić information content (AvgIpc) is 2.84. The summed E-state index contributed by atoms with van der Waals surface area (Å²) in [5.74, 6) is 6.14. The summed E-state index contributed by atoms with van der Waals surface area (Å²) < 4.78 is 2.79. The van der Waals surface area contributed by atoms with Crippen molar-refractivity contribution in [3.8, 4) is 11.8 Å². The quantitative estimate of drug-likeness (QED) is 0.807. The Hall–Kier alpha value is -0.820. The fourth-order valence-electron chi connectivity index (χ4n) is 1.68. The van der Waals surface area contributed by atoms with Crippen molar-refractivity contribution >= 4 is 32.1 Å². The van der Waals surface area contributed by atoms with Crippen LogP contribution in [-0.4, -0.2) is 6.54 Å². The maximum atomic E-state index is 3.50. The molecule has 0 amide bonds. The highest BCUT2D eigenvalue weighted by Gasteiger charge is 2.12. The molecule has 2 aromatic rings. The fraction of sp³-hybridized carbons (Fsp3) is 0.385. The highest BCUT2D eigenvalue weighted by molar-refractivity contribution is 7.26. The van der Waals surface area contributed by atoms with Crippen LogP contribution in [-0.2, 0) is 0 Å². The van der Waals surface area contributed by atoms with E-state index in [0.717, 1.165) is 13.0 Å². The van der Waals surface area contributed by atoms with Gasteiger partial charge in [-0.15, -0.1) is 34.5 Å². The van der Waals surface area contributed by atoms with Crippen molar-refractivity contribution < 1.29 is 0 Å². The molecule has 2 heterocycles. The first-order valence-electron chi connectivity index (χ1n) is 5.45. The summed E-state index contributed by atoms with van der Waals surface area (Å²) >= 11 is 3.70. The Bertz CT molecular complexity index is 484. The molecule has 0 aliphatic rings. The van der Waals surface area contributed by atoms with Crippen LogP contribution in [0.1, 0.15) is 31.2 Å². The summed E-state index contributed by atoms with van der Waals surface area (Å²) in [4.78, 5) is 1.41. The van der Waals surface area contributed by atoms with Gasteiger partial charge in [0.05, 0.1) is 6.04 Å². The summed E-state index contributed by atoms with van der Waals surface area (Å²) in [5, 5.41) is 5.65. The van der Waals surface area contributed by atoms with Gasteiger partial charge in [-0.1, -0.05) is 6.92 Å². The Morgan fingerprint density at radius 2 is 2.31 bits per heavy atom. The molecule has 3 heteroatoms. The van der Waals surface area contributed by atoms with Crippen LogP contribution in [0.25, 0.3) is 9.40 Å². The first kappa shape index (κ1) is 11.7. The molecule has 0 spiro atoms. The largest absolute Gasteiger partial charge is 0.309 e. The fourth-order valence-corrected chi connectivity index (χ4v) is 3.88. The molecule has 0 bridgehead atoms. The van der Waals surface area contributed by atoms with Gasteiger partial charge in [-0.2, -0.15) is 0 Å². The minimum absolute atomic E-state index is 0.391. The molecule has 0 radical (unpaired) electrons. The number of hydrogen-bond donors (Lipinski definition) is 1. The van der Waals surface area contributed by atoms with Gasteiger partial charge in [0.15, 0.2) is 0 Å². The zero-order chi connectivity index (χ0) is 11.4. The van der Waals surface area contributed by atoms with E-state index < -0.39 is 0 Å². The third kappa shape index (κ3) is 2.46. The summed E-state index contributed by atoms with van der Waals surface area (Å²) in [5.41, 5.74) is 0. The molecule has 0 saturated heterocycles. The van der Waals surface area contributed by atoms with Gasteiger partial charge in [0.25, 0.3) is 0 Å². The lowest BCUT2D eigenvalue weighted by Crippen LogP contribution is -2.19. The monoisotopic (exact) mass is 249 g/mol. The van der Waals surface area contributed by atoms with E-state index in [2.05, 4.69) is 41.6 Å². The van der Waals surface area contributed by atoms with E-state index in [9.17, 15) is 0 Å². The standard InChI is InChI=1S/C13H15NS2/c1-3-5-6-10(14-4-2)12-9-13-11(16-12)7-8-15-13/h7-10,14H,4,6H2,1-2H3. The van der Waals surface area contributed by atoms with Gasteiger partial charge in [-0.3, -0.25) is 0 Å². The van der Waals surface area contributed by atoms with Gasteiger partial charge < -0.3 is 5.32 Å². The molecule has 16 heavy (non-hydrogen) atoms. The molecule has 0 aromatic carbocycles. The van der Waals surface area contributed by atoms with E-state index in [0.29, 0.717) is 6.04 Å². The second-order valence-electron chi connectivity index (χ2n) is 3.54. The van der Waals surface area contributed by atoms with Crippen molar-refractivity contribution in [3.05, 3.63) is 22.4 Å². The maximum Gasteiger partial charge on any atom is 0.0526 e. The topological polar surface area (TPSA) is 12.0 Å². The van der Waals surface area contributed by atoms with Crippen molar-refractivity contribution in [3.63, 3.8) is 0 Å². The van der Waals surface area contributed by atoms with E-state index in [1.807, 2.05) is 29.6 Å². The highest BCUT2D eigenvalue weighted by atomic mass is 32.1. The summed E-state index contributed by atoms with van der Waals surface area (Å²) in [6, 6.07) is 4.89. The molecule has 1 atom stereocenters. The first-order chi connectivity index (χ1) is 7.85. The van der Waals surface area contributed by atoms with Crippen LogP contribution >= 0.6 is 22.7 Å². The lowest BCUT2D eigenvalue weighted by molar-refractivity contribution is 0.574. The van der Waals surface area contributed by atoms with Crippen LogP contribution in [0, 0.1) is 11.8 Å². The molecule has 0 saturated carbocycles. The molecule has 2 aromatic heterocycles. The third-order valence-corrected chi connectivity index (χ3v) is 4.64. The van der Waals surface area contributed by atoms with Crippen molar-refractivity contribution in [1.82, 2.24) is 5.32 Å². The smallest absolute Gasteiger partial charge is 0.0526 e. The van der Waals surface area contributed by atoms with E-state index >= 15 is 0 Å². The van der Waals surface area contributed by atoms with Crippen LogP contribution in [0.15, 0.2) is 17.5 Å². The predicted molar refractivity (Wildman–Crippen MR) is 74.2 cm³/mol. The zero-order valence-electron chi connectivity index (χ0n) is 9.54. The van der Waals surface area contributed by atoms with E-state index in [4.69, 9.17) is 0 Å². The van der Waals surface area contributed by atoms with Gasteiger partial charge in [0.1, 0.15) is 0 Å². The number of thiophene rings is 2. The Balaban J connectivity index is 2.23. The Kier molecular flexibility index (Phi) is 4.00. The van der Waals surface area contributed by atoms with Gasteiger partial charge in [-0.25, -0.2) is 0 Å². The van der Waals surface area contributed by atoms with Crippen LogP contribution in [0.4, 0.5) is 0 Å². The summed E-state index contributed by atoms with van der Waals surface area (Å²) in [6.07, 6.45) is 0.901. The Morgan fingerprint density at radius 1 is 1.44 bits per heavy atom. The number of fused-ring (bicyclic) bond motifs is 1. The van der Waals surface area contributed by atoms with Crippen LogP contribution in [0.2, 0.25) is 0 Å². The third-order valence-electron chi connectivity index (χ3n) is 2.44. The lowest BCUT2D eigenvalue weighted by Gasteiger charge is -2.12. The predicted octanol–water partition coefficient (Wildman–Crippen LogP) is 4.03. The normalized spacial score (nSPS) is 12.4. The Labute approximate surface area is 104 Å². The lowest BCUT2D eigenvalue weighted by atomic mass is 10.1. The van der Waals surface area contributed by atoms with Gasteiger partial charge in [0, 0.05) is 20.7 Å².